The number of nitrogens with zero attached hydrogens (tertiary/aromatic N) is 1. The van der Waals surface area contributed by atoms with E-state index in [9.17, 15) is 18.0 Å². The number of ether oxygens (including phenoxy) is 1. The Labute approximate surface area is 130 Å². The lowest BCUT2D eigenvalue weighted by atomic mass is 10.1. The monoisotopic (exact) mass is 336 g/mol. The molecule has 0 spiro atoms. The van der Waals surface area contributed by atoms with Gasteiger partial charge in [-0.2, -0.15) is 4.31 Å². The van der Waals surface area contributed by atoms with Crippen LogP contribution in [-0.4, -0.2) is 67.3 Å². The van der Waals surface area contributed by atoms with Crippen molar-refractivity contribution in [1.29, 1.82) is 0 Å². The van der Waals surface area contributed by atoms with Gasteiger partial charge in [-0.05, 0) is 26.2 Å². The van der Waals surface area contributed by atoms with Crippen molar-refractivity contribution in [2.75, 3.05) is 25.4 Å². The van der Waals surface area contributed by atoms with Crippen molar-refractivity contribution in [3.8, 4) is 0 Å². The van der Waals surface area contributed by atoms with E-state index in [1.54, 1.807) is 0 Å². The number of carbonyl (C=O) groups is 2. The molecule has 2 unspecified atom stereocenters. The summed E-state index contributed by atoms with van der Waals surface area (Å²) >= 11 is 0. The molecule has 0 aromatic carbocycles. The molecule has 2 N–H and O–H groups in total. The predicted molar refractivity (Wildman–Crippen MR) is 79.9 cm³/mol. The van der Waals surface area contributed by atoms with Crippen LogP contribution in [0.4, 0.5) is 0 Å². The number of hydrogen-bond acceptors (Lipinski definition) is 5. The number of amides is 1. The van der Waals surface area contributed by atoms with E-state index in [2.05, 4.69) is 5.32 Å². The van der Waals surface area contributed by atoms with Crippen LogP contribution in [0.15, 0.2) is 0 Å². The smallest absolute Gasteiger partial charge is 0.321 e. The topological polar surface area (TPSA) is 113 Å². The summed E-state index contributed by atoms with van der Waals surface area (Å²) in [6, 6.07) is -1.19. The van der Waals surface area contributed by atoms with Crippen molar-refractivity contribution in [3.05, 3.63) is 0 Å². The van der Waals surface area contributed by atoms with Crippen molar-refractivity contribution >= 4 is 21.9 Å². The van der Waals surface area contributed by atoms with Gasteiger partial charge in [-0.25, -0.2) is 8.42 Å². The summed E-state index contributed by atoms with van der Waals surface area (Å²) < 4.78 is 31.3. The summed E-state index contributed by atoms with van der Waals surface area (Å²) in [4.78, 5) is 22.0. The van der Waals surface area contributed by atoms with Crippen molar-refractivity contribution in [2.24, 2.45) is 0 Å². The minimum atomic E-state index is -3.79. The third-order valence-corrected chi connectivity index (χ3v) is 5.53. The third kappa shape index (κ3) is 5.90. The molecule has 1 aliphatic heterocycles. The highest BCUT2D eigenvalue weighted by atomic mass is 32.2. The van der Waals surface area contributed by atoms with Gasteiger partial charge in [0, 0.05) is 26.6 Å². The van der Waals surface area contributed by atoms with Crippen molar-refractivity contribution in [1.82, 2.24) is 9.62 Å². The Hall–Kier alpha value is -1.19. The van der Waals surface area contributed by atoms with Crippen LogP contribution in [0.1, 0.15) is 33.1 Å². The molecular weight excluding hydrogens is 312 g/mol. The van der Waals surface area contributed by atoms with Crippen LogP contribution in [-0.2, 0) is 24.3 Å². The zero-order valence-electron chi connectivity index (χ0n) is 12.9. The number of carbonyl (C=O) groups excluding carboxylic acids is 1. The van der Waals surface area contributed by atoms with Crippen LogP contribution in [0.5, 0.6) is 0 Å². The first-order valence-corrected chi connectivity index (χ1v) is 8.93. The lowest BCUT2D eigenvalue weighted by molar-refractivity contribution is -0.140. The molecule has 0 radical (unpaired) electrons. The number of carboxylic acid groups (broad SMARTS) is 1. The molecule has 1 rings (SSSR count). The molecule has 1 saturated heterocycles. The van der Waals surface area contributed by atoms with Crippen molar-refractivity contribution in [2.45, 2.75) is 45.3 Å². The standard InChI is InChI=1S/C13H24N2O6S/c1-10(13(17)18)15(7-6-14-11(2)16)22(19,20)9-12-5-3-4-8-21-12/h10,12H,3-9H2,1-2H3,(H,14,16)(H,17,18). The number of rotatable bonds is 8. The Balaban J connectivity index is 2.77. The Morgan fingerprint density at radius 2 is 2.09 bits per heavy atom. The van der Waals surface area contributed by atoms with Crippen LogP contribution >= 0.6 is 0 Å². The van der Waals surface area contributed by atoms with Crippen LogP contribution in [0.3, 0.4) is 0 Å². The van der Waals surface area contributed by atoms with Gasteiger partial charge in [-0.3, -0.25) is 9.59 Å². The SMILES string of the molecule is CC(=O)NCCN(C(C)C(=O)O)S(=O)(=O)CC1CCCCO1. The average molecular weight is 336 g/mol. The Morgan fingerprint density at radius 1 is 1.41 bits per heavy atom. The zero-order valence-corrected chi connectivity index (χ0v) is 13.8. The van der Waals surface area contributed by atoms with Crippen LogP contribution in [0.2, 0.25) is 0 Å². The molecule has 22 heavy (non-hydrogen) atoms. The van der Waals surface area contributed by atoms with Crippen molar-refractivity contribution in [3.63, 3.8) is 0 Å². The van der Waals surface area contributed by atoms with Gasteiger partial charge in [0.25, 0.3) is 0 Å². The molecule has 0 aromatic rings. The fourth-order valence-electron chi connectivity index (χ4n) is 2.31. The molecule has 1 fully saturated rings. The molecule has 9 heteroatoms. The molecule has 8 nitrogen and oxygen atoms in total. The molecule has 1 amide bonds. The summed E-state index contributed by atoms with van der Waals surface area (Å²) in [5, 5.41) is 11.6. The maximum Gasteiger partial charge on any atom is 0.321 e. The summed E-state index contributed by atoms with van der Waals surface area (Å²) in [6.45, 7) is 3.14. The number of sulfonamides is 1. The summed E-state index contributed by atoms with van der Waals surface area (Å²) in [5.41, 5.74) is 0. The summed E-state index contributed by atoms with van der Waals surface area (Å²) in [6.07, 6.45) is 2.07. The largest absolute Gasteiger partial charge is 0.480 e. The van der Waals surface area contributed by atoms with Gasteiger partial charge < -0.3 is 15.2 Å². The fraction of sp³-hybridized carbons (Fsp3) is 0.846. The maximum absolute atomic E-state index is 12.5. The Kier molecular flexibility index (Phi) is 7.24. The molecule has 2 atom stereocenters. The van der Waals surface area contributed by atoms with Crippen molar-refractivity contribution < 1.29 is 27.9 Å². The number of nitrogens with one attached hydrogen (secondary N) is 1. The van der Waals surface area contributed by atoms with E-state index in [0.29, 0.717) is 13.0 Å². The molecule has 1 aliphatic rings. The minimum Gasteiger partial charge on any atom is -0.480 e. The molecule has 0 saturated carbocycles. The average Bonchev–Trinajstić information content (AvgIpc) is 2.43. The molecule has 128 valence electrons. The summed E-state index contributed by atoms with van der Waals surface area (Å²) in [7, 11) is -3.79. The van der Waals surface area contributed by atoms with E-state index < -0.39 is 28.1 Å². The van der Waals surface area contributed by atoms with E-state index in [-0.39, 0.29) is 24.7 Å². The third-order valence-electron chi connectivity index (χ3n) is 3.52. The fourth-order valence-corrected chi connectivity index (χ4v) is 4.17. The van der Waals surface area contributed by atoms with Crippen LogP contribution in [0.25, 0.3) is 0 Å². The maximum atomic E-state index is 12.5. The predicted octanol–water partition coefficient (Wildman–Crippen LogP) is -0.203. The highest BCUT2D eigenvalue weighted by Crippen LogP contribution is 2.17. The normalized spacial score (nSPS) is 20.6. The number of carboxylic acids is 1. The lowest BCUT2D eigenvalue weighted by Gasteiger charge is -2.29. The lowest BCUT2D eigenvalue weighted by Crippen LogP contribution is -2.49. The molecule has 1 heterocycles. The molecule has 0 bridgehead atoms. The molecule has 0 aliphatic carbocycles. The van der Waals surface area contributed by atoms with E-state index in [1.807, 2.05) is 0 Å². The summed E-state index contributed by atoms with van der Waals surface area (Å²) in [5.74, 6) is -1.75. The van der Waals surface area contributed by atoms with Gasteiger partial charge in [0.15, 0.2) is 0 Å². The van der Waals surface area contributed by atoms with E-state index in [0.717, 1.165) is 17.1 Å². The van der Waals surface area contributed by atoms with E-state index >= 15 is 0 Å². The van der Waals surface area contributed by atoms with E-state index in [4.69, 9.17) is 9.84 Å². The van der Waals surface area contributed by atoms with Gasteiger partial charge in [0.1, 0.15) is 6.04 Å². The minimum absolute atomic E-state index is 0.0672. The van der Waals surface area contributed by atoms with Crippen LogP contribution in [0, 0.1) is 0 Å². The quantitative estimate of drug-likeness (QED) is 0.634. The zero-order chi connectivity index (χ0) is 16.8. The van der Waals surface area contributed by atoms with E-state index in [1.165, 1.54) is 13.8 Å². The second-order valence-corrected chi connectivity index (χ2v) is 7.34. The van der Waals surface area contributed by atoms with Gasteiger partial charge >= 0.3 is 5.97 Å². The molecule has 0 aromatic heterocycles. The Bertz CT molecular complexity index is 487. The highest BCUT2D eigenvalue weighted by Gasteiger charge is 2.33. The first-order valence-electron chi connectivity index (χ1n) is 7.32. The first kappa shape index (κ1) is 18.9. The van der Waals surface area contributed by atoms with Gasteiger partial charge in [0.2, 0.25) is 15.9 Å². The van der Waals surface area contributed by atoms with Gasteiger partial charge in [-0.15, -0.1) is 0 Å². The Morgan fingerprint density at radius 3 is 2.59 bits per heavy atom. The number of aliphatic carboxylic acids is 1. The van der Waals surface area contributed by atoms with Gasteiger partial charge in [0.05, 0.1) is 11.9 Å². The highest BCUT2D eigenvalue weighted by molar-refractivity contribution is 7.89. The number of hydrogen-bond donors (Lipinski definition) is 2. The van der Waals surface area contributed by atoms with Gasteiger partial charge in [-0.1, -0.05) is 0 Å². The second kappa shape index (κ2) is 8.44. The first-order chi connectivity index (χ1) is 10.2. The molecular formula is C13H24N2O6S. The van der Waals surface area contributed by atoms with Crippen LogP contribution < -0.4 is 5.32 Å². The second-order valence-electron chi connectivity index (χ2n) is 5.38.